The van der Waals surface area contributed by atoms with Crippen LogP contribution in [0.1, 0.15) is 28.8 Å². The molecule has 0 aromatic heterocycles. The maximum atomic E-state index is 11.6. The number of halogens is 1. The number of benzene rings is 1. The van der Waals surface area contributed by atoms with E-state index >= 15 is 0 Å². The molecule has 1 N–H and O–H groups in total. The van der Waals surface area contributed by atoms with Crippen LogP contribution in [0, 0.1) is 6.92 Å². The molecule has 3 heteroatoms. The van der Waals surface area contributed by atoms with Gasteiger partial charge >= 0.3 is 0 Å². The summed E-state index contributed by atoms with van der Waals surface area (Å²) in [4.78, 5) is 11.6. The van der Waals surface area contributed by atoms with Gasteiger partial charge in [-0.05, 0) is 25.5 Å². The highest BCUT2D eigenvalue weighted by Crippen LogP contribution is 2.20. The van der Waals surface area contributed by atoms with Crippen LogP contribution in [0.5, 0.6) is 5.75 Å². The monoisotopic (exact) mass is 212 g/mol. The van der Waals surface area contributed by atoms with Crippen molar-refractivity contribution in [3.05, 3.63) is 29.3 Å². The fourth-order valence-electron chi connectivity index (χ4n) is 1.24. The first-order chi connectivity index (χ1) is 6.65. The van der Waals surface area contributed by atoms with E-state index < -0.39 is 0 Å². The van der Waals surface area contributed by atoms with Gasteiger partial charge in [-0.3, -0.25) is 4.79 Å². The first kappa shape index (κ1) is 11.1. The summed E-state index contributed by atoms with van der Waals surface area (Å²) in [5.41, 5.74) is 1.37. The topological polar surface area (TPSA) is 37.3 Å². The number of aryl methyl sites for hydroxylation is 1. The van der Waals surface area contributed by atoms with Gasteiger partial charge in [0.25, 0.3) is 0 Å². The van der Waals surface area contributed by atoms with Gasteiger partial charge in [-0.25, -0.2) is 0 Å². The number of phenolic OH excluding ortho intramolecular Hbond substituents is 1. The maximum absolute atomic E-state index is 11.6. The summed E-state index contributed by atoms with van der Waals surface area (Å²) in [6, 6.07) is 5.02. The van der Waals surface area contributed by atoms with Crippen molar-refractivity contribution in [1.82, 2.24) is 0 Å². The van der Waals surface area contributed by atoms with Crippen LogP contribution in [0.25, 0.3) is 0 Å². The van der Waals surface area contributed by atoms with Gasteiger partial charge in [0.15, 0.2) is 5.78 Å². The van der Waals surface area contributed by atoms with Crippen molar-refractivity contribution in [3.8, 4) is 5.75 Å². The Kier molecular flexibility index (Phi) is 3.96. The van der Waals surface area contributed by atoms with E-state index in [0.29, 0.717) is 24.3 Å². The summed E-state index contributed by atoms with van der Waals surface area (Å²) in [5, 5.41) is 9.45. The van der Waals surface area contributed by atoms with Gasteiger partial charge in [-0.2, -0.15) is 0 Å². The predicted molar refractivity (Wildman–Crippen MR) is 57.1 cm³/mol. The predicted octanol–water partition coefficient (Wildman–Crippen LogP) is 2.90. The molecule has 0 atom stereocenters. The molecule has 1 aromatic carbocycles. The summed E-state index contributed by atoms with van der Waals surface area (Å²) < 4.78 is 0. The van der Waals surface area contributed by atoms with Crippen LogP contribution in [0.3, 0.4) is 0 Å². The van der Waals surface area contributed by atoms with Crippen molar-refractivity contribution in [2.75, 3.05) is 5.88 Å². The van der Waals surface area contributed by atoms with E-state index in [1.807, 2.05) is 6.92 Å². The number of hydrogen-bond acceptors (Lipinski definition) is 2. The van der Waals surface area contributed by atoms with Crippen LogP contribution < -0.4 is 0 Å². The largest absolute Gasteiger partial charge is 0.507 e. The van der Waals surface area contributed by atoms with Crippen molar-refractivity contribution in [2.24, 2.45) is 0 Å². The molecule has 0 fully saturated rings. The third-order valence-corrected chi connectivity index (χ3v) is 2.26. The third kappa shape index (κ3) is 2.74. The Bertz CT molecular complexity index is 334. The zero-order valence-electron chi connectivity index (χ0n) is 8.09. The molecule has 0 amide bonds. The fraction of sp³-hybridized carbons (Fsp3) is 0.364. The number of ketones is 1. The van der Waals surface area contributed by atoms with Gasteiger partial charge in [0.2, 0.25) is 0 Å². The second-order valence-corrected chi connectivity index (χ2v) is 3.61. The molecule has 0 unspecified atom stereocenters. The van der Waals surface area contributed by atoms with Crippen molar-refractivity contribution in [3.63, 3.8) is 0 Å². The lowest BCUT2D eigenvalue weighted by molar-refractivity contribution is 0.0979. The van der Waals surface area contributed by atoms with Crippen LogP contribution in [0.15, 0.2) is 18.2 Å². The van der Waals surface area contributed by atoms with Crippen LogP contribution in [0.4, 0.5) is 0 Å². The minimum absolute atomic E-state index is 0.0492. The number of aromatic hydroxyl groups is 1. The van der Waals surface area contributed by atoms with Crippen LogP contribution in [-0.2, 0) is 0 Å². The van der Waals surface area contributed by atoms with E-state index in [4.69, 9.17) is 11.6 Å². The number of alkyl halides is 1. The Morgan fingerprint density at radius 3 is 2.86 bits per heavy atom. The lowest BCUT2D eigenvalue weighted by Crippen LogP contribution is -2.00. The molecule has 76 valence electrons. The Morgan fingerprint density at radius 1 is 1.50 bits per heavy atom. The van der Waals surface area contributed by atoms with Crippen molar-refractivity contribution >= 4 is 17.4 Å². The Morgan fingerprint density at radius 2 is 2.21 bits per heavy atom. The second-order valence-electron chi connectivity index (χ2n) is 3.24. The summed E-state index contributed by atoms with van der Waals surface area (Å²) >= 11 is 5.49. The molecule has 0 aliphatic rings. The molecule has 2 nitrogen and oxygen atoms in total. The van der Waals surface area contributed by atoms with Gasteiger partial charge in [0.1, 0.15) is 5.75 Å². The molecule has 0 spiro atoms. The van der Waals surface area contributed by atoms with Gasteiger partial charge < -0.3 is 5.11 Å². The number of phenols is 1. The summed E-state index contributed by atoms with van der Waals surface area (Å²) in [7, 11) is 0. The first-order valence-electron chi connectivity index (χ1n) is 4.54. The van der Waals surface area contributed by atoms with E-state index in [0.717, 1.165) is 5.56 Å². The third-order valence-electron chi connectivity index (χ3n) is 1.99. The highest BCUT2D eigenvalue weighted by molar-refractivity contribution is 6.18. The molecule has 1 rings (SSSR count). The maximum Gasteiger partial charge on any atom is 0.166 e. The number of rotatable bonds is 4. The van der Waals surface area contributed by atoms with Crippen LogP contribution in [0.2, 0.25) is 0 Å². The van der Waals surface area contributed by atoms with Crippen LogP contribution in [-0.4, -0.2) is 16.8 Å². The lowest BCUT2D eigenvalue weighted by Gasteiger charge is -2.03. The van der Waals surface area contributed by atoms with Crippen molar-refractivity contribution < 1.29 is 9.90 Å². The average molecular weight is 213 g/mol. The Labute approximate surface area is 88.5 Å². The minimum atomic E-state index is -0.0492. The van der Waals surface area contributed by atoms with Gasteiger partial charge in [-0.15, -0.1) is 11.6 Å². The minimum Gasteiger partial charge on any atom is -0.507 e. The zero-order chi connectivity index (χ0) is 10.6. The van der Waals surface area contributed by atoms with Crippen molar-refractivity contribution in [1.29, 1.82) is 0 Å². The number of carbonyl (C=O) groups is 1. The Balaban J connectivity index is 2.83. The van der Waals surface area contributed by atoms with E-state index in [-0.39, 0.29) is 11.5 Å². The van der Waals surface area contributed by atoms with E-state index in [2.05, 4.69) is 0 Å². The Hall–Kier alpha value is -1.02. The van der Waals surface area contributed by atoms with Crippen molar-refractivity contribution in [2.45, 2.75) is 19.8 Å². The van der Waals surface area contributed by atoms with E-state index in [1.165, 1.54) is 0 Å². The summed E-state index contributed by atoms with van der Waals surface area (Å²) in [5.74, 6) is 0.472. The molecule has 1 aromatic rings. The normalized spacial score (nSPS) is 10.1. The highest BCUT2D eigenvalue weighted by atomic mass is 35.5. The first-order valence-corrected chi connectivity index (χ1v) is 5.07. The number of hydrogen-bond donors (Lipinski definition) is 1. The average Bonchev–Trinajstić information content (AvgIpc) is 2.18. The quantitative estimate of drug-likeness (QED) is 0.616. The summed E-state index contributed by atoms with van der Waals surface area (Å²) in [6.07, 6.45) is 1.04. The molecule has 0 saturated carbocycles. The smallest absolute Gasteiger partial charge is 0.166 e. The molecular formula is C11H13ClO2. The van der Waals surface area contributed by atoms with Crippen LogP contribution >= 0.6 is 11.6 Å². The highest BCUT2D eigenvalue weighted by Gasteiger charge is 2.10. The lowest BCUT2D eigenvalue weighted by atomic mass is 10.0. The van der Waals surface area contributed by atoms with Gasteiger partial charge in [0, 0.05) is 12.3 Å². The SMILES string of the molecule is Cc1ccc(O)c(C(=O)CCCCl)c1. The molecule has 0 saturated heterocycles. The molecule has 0 aliphatic carbocycles. The molecular weight excluding hydrogens is 200 g/mol. The zero-order valence-corrected chi connectivity index (χ0v) is 8.84. The van der Waals surface area contributed by atoms with Gasteiger partial charge in [0.05, 0.1) is 5.56 Å². The van der Waals surface area contributed by atoms with Gasteiger partial charge in [-0.1, -0.05) is 11.6 Å². The molecule has 0 aliphatic heterocycles. The molecule has 14 heavy (non-hydrogen) atoms. The molecule has 0 radical (unpaired) electrons. The second kappa shape index (κ2) is 5.01. The van der Waals surface area contributed by atoms with E-state index in [1.54, 1.807) is 18.2 Å². The molecule has 0 heterocycles. The molecule has 0 bridgehead atoms. The fourth-order valence-corrected chi connectivity index (χ4v) is 1.37. The number of carbonyl (C=O) groups excluding carboxylic acids is 1. The van der Waals surface area contributed by atoms with E-state index in [9.17, 15) is 9.90 Å². The standard InChI is InChI=1S/C11H13ClO2/c1-8-4-5-11(14)9(7-8)10(13)3-2-6-12/h4-5,7,14H,2-3,6H2,1H3. The number of Topliss-reactive ketones (excluding diaryl/α,β-unsaturated/α-hetero) is 1. The summed E-state index contributed by atoms with van der Waals surface area (Å²) in [6.45, 7) is 1.89.